The molecular formula is C18H20N4O3. The fraction of sp³-hybridized carbons (Fsp3) is 0.444. The van der Waals surface area contributed by atoms with Crippen LogP contribution in [0.4, 0.5) is 4.79 Å². The Morgan fingerprint density at radius 1 is 1.44 bits per heavy atom. The van der Waals surface area contributed by atoms with Crippen molar-refractivity contribution < 1.29 is 14.1 Å². The highest BCUT2D eigenvalue weighted by Crippen LogP contribution is 2.33. The summed E-state index contributed by atoms with van der Waals surface area (Å²) < 4.78 is 10.8. The lowest BCUT2D eigenvalue weighted by molar-refractivity contribution is 0.0199. The summed E-state index contributed by atoms with van der Waals surface area (Å²) in [6, 6.07) is 8.81. The number of nitriles is 1. The Labute approximate surface area is 146 Å². The van der Waals surface area contributed by atoms with Crippen molar-refractivity contribution in [1.29, 1.82) is 5.26 Å². The normalized spacial score (nSPS) is 17.4. The van der Waals surface area contributed by atoms with Crippen molar-refractivity contribution in [2.45, 2.75) is 45.3 Å². The molecule has 1 saturated heterocycles. The number of amides is 1. The first-order chi connectivity index (χ1) is 11.9. The van der Waals surface area contributed by atoms with Crippen molar-refractivity contribution >= 4 is 6.09 Å². The van der Waals surface area contributed by atoms with Gasteiger partial charge in [0.25, 0.3) is 0 Å². The molecule has 0 radical (unpaired) electrons. The Morgan fingerprint density at radius 2 is 2.24 bits per heavy atom. The van der Waals surface area contributed by atoms with Crippen LogP contribution in [-0.2, 0) is 4.74 Å². The first-order valence-corrected chi connectivity index (χ1v) is 8.21. The van der Waals surface area contributed by atoms with Crippen molar-refractivity contribution in [2.24, 2.45) is 0 Å². The zero-order valence-corrected chi connectivity index (χ0v) is 14.5. The Kier molecular flexibility index (Phi) is 4.45. The zero-order valence-electron chi connectivity index (χ0n) is 14.5. The molecule has 1 aliphatic heterocycles. The minimum absolute atomic E-state index is 0.282. The van der Waals surface area contributed by atoms with E-state index in [1.165, 1.54) is 0 Å². The third-order valence-corrected chi connectivity index (χ3v) is 3.86. The molecule has 1 fully saturated rings. The molecule has 2 heterocycles. The summed E-state index contributed by atoms with van der Waals surface area (Å²) >= 11 is 0. The van der Waals surface area contributed by atoms with Gasteiger partial charge in [0, 0.05) is 12.1 Å². The predicted molar refractivity (Wildman–Crippen MR) is 89.4 cm³/mol. The van der Waals surface area contributed by atoms with Gasteiger partial charge in [-0.1, -0.05) is 17.3 Å². The minimum Gasteiger partial charge on any atom is -0.444 e. The first-order valence-electron chi connectivity index (χ1n) is 8.21. The highest BCUT2D eigenvalue weighted by atomic mass is 16.6. The maximum atomic E-state index is 12.4. The van der Waals surface area contributed by atoms with Gasteiger partial charge in [0.05, 0.1) is 11.6 Å². The molecule has 0 aliphatic carbocycles. The largest absolute Gasteiger partial charge is 0.444 e. The summed E-state index contributed by atoms with van der Waals surface area (Å²) in [5.74, 6) is 0.795. The number of rotatable bonds is 2. The lowest BCUT2D eigenvalue weighted by Crippen LogP contribution is -2.36. The van der Waals surface area contributed by atoms with E-state index in [0.29, 0.717) is 29.4 Å². The number of benzene rings is 1. The fourth-order valence-corrected chi connectivity index (χ4v) is 2.78. The average molecular weight is 340 g/mol. The first kappa shape index (κ1) is 17.0. The SMILES string of the molecule is CC(C)(C)OC(=O)N1CCC[C@H]1c1nc(-c2cccc(C#N)c2)no1. The maximum Gasteiger partial charge on any atom is 0.410 e. The van der Waals surface area contributed by atoms with Gasteiger partial charge in [-0.3, -0.25) is 4.90 Å². The van der Waals surface area contributed by atoms with E-state index in [4.69, 9.17) is 14.5 Å². The van der Waals surface area contributed by atoms with Gasteiger partial charge in [-0.2, -0.15) is 10.2 Å². The second kappa shape index (κ2) is 6.55. The van der Waals surface area contributed by atoms with Crippen molar-refractivity contribution in [3.8, 4) is 17.5 Å². The molecule has 0 N–H and O–H groups in total. The summed E-state index contributed by atoms with van der Waals surface area (Å²) in [6.45, 7) is 6.11. The van der Waals surface area contributed by atoms with Crippen LogP contribution in [0, 0.1) is 11.3 Å². The number of carbonyl (C=O) groups is 1. The molecule has 7 heteroatoms. The van der Waals surface area contributed by atoms with Crippen LogP contribution in [-0.4, -0.2) is 33.3 Å². The second-order valence-corrected chi connectivity index (χ2v) is 6.98. The Morgan fingerprint density at radius 3 is 2.96 bits per heavy atom. The number of carbonyl (C=O) groups excluding carboxylic acids is 1. The van der Waals surface area contributed by atoms with Gasteiger partial charge in [0.2, 0.25) is 11.7 Å². The van der Waals surface area contributed by atoms with Gasteiger partial charge < -0.3 is 9.26 Å². The highest BCUT2D eigenvalue weighted by Gasteiger charge is 2.36. The van der Waals surface area contributed by atoms with Crippen LogP contribution in [0.2, 0.25) is 0 Å². The number of likely N-dealkylation sites (tertiary alicyclic amines) is 1. The summed E-state index contributed by atoms with van der Waals surface area (Å²) in [6.07, 6.45) is 1.23. The number of hydrogen-bond acceptors (Lipinski definition) is 6. The maximum absolute atomic E-state index is 12.4. The molecule has 0 unspecified atom stereocenters. The number of nitrogens with zero attached hydrogens (tertiary/aromatic N) is 4. The van der Waals surface area contributed by atoms with Gasteiger partial charge in [-0.25, -0.2) is 4.79 Å². The smallest absolute Gasteiger partial charge is 0.410 e. The molecule has 1 aromatic heterocycles. The lowest BCUT2D eigenvalue weighted by Gasteiger charge is -2.26. The van der Waals surface area contributed by atoms with Gasteiger partial charge in [0.1, 0.15) is 11.6 Å². The molecular weight excluding hydrogens is 320 g/mol. The third-order valence-electron chi connectivity index (χ3n) is 3.86. The molecule has 25 heavy (non-hydrogen) atoms. The number of hydrogen-bond donors (Lipinski definition) is 0. The summed E-state index contributed by atoms with van der Waals surface area (Å²) in [7, 11) is 0. The topological polar surface area (TPSA) is 92.2 Å². The summed E-state index contributed by atoms with van der Waals surface area (Å²) in [5, 5.41) is 13.0. The molecule has 1 atom stereocenters. The van der Waals surface area contributed by atoms with E-state index in [1.54, 1.807) is 23.1 Å². The number of aromatic nitrogens is 2. The van der Waals surface area contributed by atoms with E-state index in [0.717, 1.165) is 12.8 Å². The van der Waals surface area contributed by atoms with Gasteiger partial charge in [-0.15, -0.1) is 0 Å². The molecule has 7 nitrogen and oxygen atoms in total. The lowest BCUT2D eigenvalue weighted by atomic mass is 10.1. The monoisotopic (exact) mass is 340 g/mol. The second-order valence-electron chi connectivity index (χ2n) is 6.98. The molecule has 0 spiro atoms. The van der Waals surface area contributed by atoms with Crippen LogP contribution >= 0.6 is 0 Å². The van der Waals surface area contributed by atoms with E-state index in [2.05, 4.69) is 16.2 Å². The van der Waals surface area contributed by atoms with Crippen molar-refractivity contribution in [2.75, 3.05) is 6.54 Å². The van der Waals surface area contributed by atoms with Gasteiger partial charge in [-0.05, 0) is 45.7 Å². The van der Waals surface area contributed by atoms with E-state index in [9.17, 15) is 4.79 Å². The van der Waals surface area contributed by atoms with Crippen LogP contribution in [0.15, 0.2) is 28.8 Å². The molecule has 1 amide bonds. The van der Waals surface area contributed by atoms with E-state index >= 15 is 0 Å². The fourth-order valence-electron chi connectivity index (χ4n) is 2.78. The highest BCUT2D eigenvalue weighted by molar-refractivity contribution is 5.69. The predicted octanol–water partition coefficient (Wildman–Crippen LogP) is 3.68. The Hall–Kier alpha value is -2.88. The Balaban J connectivity index is 1.81. The summed E-state index contributed by atoms with van der Waals surface area (Å²) in [4.78, 5) is 18.4. The minimum atomic E-state index is -0.554. The summed E-state index contributed by atoms with van der Waals surface area (Å²) in [5.41, 5.74) is 0.679. The zero-order chi connectivity index (χ0) is 18.0. The van der Waals surface area contributed by atoms with Crippen LogP contribution in [0.3, 0.4) is 0 Å². The van der Waals surface area contributed by atoms with Crippen molar-refractivity contribution in [3.05, 3.63) is 35.7 Å². The van der Waals surface area contributed by atoms with E-state index < -0.39 is 5.60 Å². The quantitative estimate of drug-likeness (QED) is 0.828. The molecule has 2 aromatic rings. The number of ether oxygens (including phenoxy) is 1. The molecule has 0 bridgehead atoms. The van der Waals surface area contributed by atoms with Gasteiger partial charge >= 0.3 is 6.09 Å². The average Bonchev–Trinajstić information content (AvgIpc) is 3.22. The van der Waals surface area contributed by atoms with Gasteiger partial charge in [0.15, 0.2) is 0 Å². The van der Waals surface area contributed by atoms with Crippen LogP contribution < -0.4 is 0 Å². The van der Waals surface area contributed by atoms with E-state index in [-0.39, 0.29) is 12.1 Å². The van der Waals surface area contributed by atoms with Crippen molar-refractivity contribution in [1.82, 2.24) is 15.0 Å². The van der Waals surface area contributed by atoms with Crippen LogP contribution in [0.5, 0.6) is 0 Å². The molecule has 3 rings (SSSR count). The van der Waals surface area contributed by atoms with Crippen molar-refractivity contribution in [3.63, 3.8) is 0 Å². The third kappa shape index (κ3) is 3.79. The molecule has 130 valence electrons. The van der Waals surface area contributed by atoms with Crippen LogP contribution in [0.1, 0.15) is 51.1 Å². The molecule has 0 saturated carbocycles. The van der Waals surface area contributed by atoms with E-state index in [1.807, 2.05) is 26.8 Å². The molecule has 1 aromatic carbocycles. The Bertz CT molecular complexity index is 816. The van der Waals surface area contributed by atoms with Crippen LogP contribution in [0.25, 0.3) is 11.4 Å². The standard InChI is InChI=1S/C18H20N4O3/c1-18(2,3)24-17(23)22-9-5-8-14(22)16-20-15(21-25-16)13-7-4-6-12(10-13)11-19/h4,6-7,10,14H,5,8-9H2,1-3H3/t14-/m0/s1. The molecule has 1 aliphatic rings.